The molecule has 1 aliphatic rings. The molecule has 0 radical (unpaired) electrons. The lowest BCUT2D eigenvalue weighted by Gasteiger charge is -2.06. The van der Waals surface area contributed by atoms with Crippen LogP contribution in [-0.4, -0.2) is 29.7 Å². The first-order chi connectivity index (χ1) is 6.20. The van der Waals surface area contributed by atoms with Gasteiger partial charge >= 0.3 is 5.97 Å². The third-order valence-electron chi connectivity index (χ3n) is 2.27. The summed E-state index contributed by atoms with van der Waals surface area (Å²) in [5, 5.41) is 11.9. The van der Waals surface area contributed by atoms with Crippen LogP contribution < -0.4 is 11.1 Å². The van der Waals surface area contributed by atoms with Gasteiger partial charge < -0.3 is 16.2 Å². The van der Waals surface area contributed by atoms with Crippen LogP contribution in [0.4, 0.5) is 0 Å². The Bertz CT molecular complexity index is 169. The van der Waals surface area contributed by atoms with E-state index in [-0.39, 0.29) is 0 Å². The molecule has 1 aliphatic carbocycles. The van der Waals surface area contributed by atoms with E-state index in [0.29, 0.717) is 6.42 Å². The number of carbonyl (C=O) groups is 1. The molecular formula is C9H18N2O2. The third kappa shape index (κ3) is 4.85. The lowest BCUT2D eigenvalue weighted by molar-refractivity contribution is -0.138. The molecule has 76 valence electrons. The van der Waals surface area contributed by atoms with Crippen LogP contribution in [-0.2, 0) is 4.79 Å². The molecular weight excluding hydrogens is 168 g/mol. The Kier molecular flexibility index (Phi) is 4.18. The zero-order valence-corrected chi connectivity index (χ0v) is 7.83. The summed E-state index contributed by atoms with van der Waals surface area (Å²) in [6.45, 7) is 0.997. The summed E-state index contributed by atoms with van der Waals surface area (Å²) in [6, 6.07) is 0.0640. The summed E-state index contributed by atoms with van der Waals surface area (Å²) in [7, 11) is 0. The molecule has 0 heterocycles. The topological polar surface area (TPSA) is 75.3 Å². The number of carboxylic acid groups (broad SMARTS) is 1. The van der Waals surface area contributed by atoms with Crippen molar-refractivity contribution in [3.05, 3.63) is 0 Å². The van der Waals surface area contributed by atoms with Gasteiger partial charge in [-0.2, -0.15) is 0 Å². The van der Waals surface area contributed by atoms with E-state index < -0.39 is 12.0 Å². The van der Waals surface area contributed by atoms with E-state index in [2.05, 4.69) is 5.32 Å². The predicted molar refractivity (Wildman–Crippen MR) is 50.5 cm³/mol. The van der Waals surface area contributed by atoms with E-state index in [4.69, 9.17) is 10.8 Å². The molecule has 0 saturated heterocycles. The smallest absolute Gasteiger partial charge is 0.320 e. The van der Waals surface area contributed by atoms with Gasteiger partial charge in [-0.3, -0.25) is 4.79 Å². The molecule has 1 rings (SSSR count). The number of carboxylic acids is 1. The summed E-state index contributed by atoms with van der Waals surface area (Å²) < 4.78 is 0. The maximum Gasteiger partial charge on any atom is 0.320 e. The lowest BCUT2D eigenvalue weighted by Crippen LogP contribution is -2.30. The molecule has 1 unspecified atom stereocenters. The van der Waals surface area contributed by atoms with Gasteiger partial charge in [0.25, 0.3) is 0 Å². The minimum absolute atomic E-state index is 0.585. The van der Waals surface area contributed by atoms with E-state index >= 15 is 0 Å². The van der Waals surface area contributed by atoms with Gasteiger partial charge in [-0.15, -0.1) is 0 Å². The number of nitrogens with one attached hydrogen (secondary N) is 1. The summed E-state index contributed by atoms with van der Waals surface area (Å²) in [5.74, 6) is -0.893. The summed E-state index contributed by atoms with van der Waals surface area (Å²) in [6.07, 6.45) is 5.11. The van der Waals surface area contributed by atoms with Crippen molar-refractivity contribution in [3.63, 3.8) is 0 Å². The van der Waals surface area contributed by atoms with Crippen molar-refractivity contribution in [1.29, 1.82) is 0 Å². The number of nitrogens with two attached hydrogens (primary N) is 1. The molecule has 0 aliphatic heterocycles. The van der Waals surface area contributed by atoms with E-state index in [1.54, 1.807) is 0 Å². The number of unbranched alkanes of at least 4 members (excludes halogenated alkanes) is 1. The van der Waals surface area contributed by atoms with Crippen LogP contribution in [0.3, 0.4) is 0 Å². The highest BCUT2D eigenvalue weighted by Gasteiger charge is 2.19. The SMILES string of the molecule is NC(CCCCNC1CC1)C(=O)O. The van der Waals surface area contributed by atoms with Crippen LogP contribution in [0.2, 0.25) is 0 Å². The summed E-state index contributed by atoms with van der Waals surface area (Å²) in [5.41, 5.74) is 5.35. The van der Waals surface area contributed by atoms with E-state index in [9.17, 15) is 4.79 Å². The fraction of sp³-hybridized carbons (Fsp3) is 0.889. The highest BCUT2D eigenvalue weighted by molar-refractivity contribution is 5.72. The van der Waals surface area contributed by atoms with E-state index in [1.165, 1.54) is 12.8 Å². The second kappa shape index (κ2) is 5.19. The van der Waals surface area contributed by atoms with Gasteiger partial charge in [0.05, 0.1) is 0 Å². The molecule has 0 aromatic rings. The van der Waals surface area contributed by atoms with Crippen molar-refractivity contribution in [2.24, 2.45) is 5.73 Å². The molecule has 0 aromatic heterocycles. The minimum Gasteiger partial charge on any atom is -0.480 e. The van der Waals surface area contributed by atoms with E-state index in [1.807, 2.05) is 0 Å². The van der Waals surface area contributed by atoms with Gasteiger partial charge in [0.15, 0.2) is 0 Å². The first-order valence-corrected chi connectivity index (χ1v) is 4.92. The van der Waals surface area contributed by atoms with Crippen LogP contribution in [0, 0.1) is 0 Å². The lowest BCUT2D eigenvalue weighted by atomic mass is 10.1. The van der Waals surface area contributed by atoms with Gasteiger partial charge in [0.1, 0.15) is 6.04 Å². The van der Waals surface area contributed by atoms with Gasteiger partial charge in [0.2, 0.25) is 0 Å². The molecule has 4 nitrogen and oxygen atoms in total. The van der Waals surface area contributed by atoms with Crippen molar-refractivity contribution in [3.8, 4) is 0 Å². The van der Waals surface area contributed by atoms with Gasteiger partial charge in [0, 0.05) is 6.04 Å². The first-order valence-electron chi connectivity index (χ1n) is 4.92. The van der Waals surface area contributed by atoms with Crippen LogP contribution in [0.15, 0.2) is 0 Å². The van der Waals surface area contributed by atoms with E-state index in [0.717, 1.165) is 25.4 Å². The first kappa shape index (κ1) is 10.5. The molecule has 1 fully saturated rings. The Morgan fingerprint density at radius 1 is 1.54 bits per heavy atom. The van der Waals surface area contributed by atoms with Crippen molar-refractivity contribution in [2.75, 3.05) is 6.54 Å². The fourth-order valence-electron chi connectivity index (χ4n) is 1.21. The van der Waals surface area contributed by atoms with Gasteiger partial charge in [-0.25, -0.2) is 0 Å². The molecule has 13 heavy (non-hydrogen) atoms. The molecule has 1 atom stereocenters. The molecule has 0 amide bonds. The largest absolute Gasteiger partial charge is 0.480 e. The van der Waals surface area contributed by atoms with Crippen LogP contribution in [0.25, 0.3) is 0 Å². The van der Waals surface area contributed by atoms with Gasteiger partial charge in [-0.05, 0) is 32.2 Å². The molecule has 4 heteroatoms. The average molecular weight is 186 g/mol. The fourth-order valence-corrected chi connectivity index (χ4v) is 1.21. The Hall–Kier alpha value is -0.610. The summed E-state index contributed by atoms with van der Waals surface area (Å²) in [4.78, 5) is 10.3. The Morgan fingerprint density at radius 2 is 2.23 bits per heavy atom. The maximum absolute atomic E-state index is 10.3. The Morgan fingerprint density at radius 3 is 2.77 bits per heavy atom. The zero-order chi connectivity index (χ0) is 9.68. The van der Waals surface area contributed by atoms with Crippen molar-refractivity contribution >= 4 is 5.97 Å². The zero-order valence-electron chi connectivity index (χ0n) is 7.83. The highest BCUT2D eigenvalue weighted by atomic mass is 16.4. The number of hydrogen-bond acceptors (Lipinski definition) is 3. The quantitative estimate of drug-likeness (QED) is 0.500. The minimum atomic E-state index is -0.893. The number of aliphatic carboxylic acids is 1. The Labute approximate surface area is 78.5 Å². The monoisotopic (exact) mass is 186 g/mol. The van der Waals surface area contributed by atoms with Crippen LogP contribution in [0.1, 0.15) is 32.1 Å². The molecule has 4 N–H and O–H groups in total. The molecule has 0 bridgehead atoms. The van der Waals surface area contributed by atoms with Crippen molar-refractivity contribution in [1.82, 2.24) is 5.32 Å². The van der Waals surface area contributed by atoms with Gasteiger partial charge in [-0.1, -0.05) is 6.42 Å². The molecule has 1 saturated carbocycles. The maximum atomic E-state index is 10.3. The third-order valence-corrected chi connectivity index (χ3v) is 2.27. The predicted octanol–water partition coefficient (Wildman–Crippen LogP) is 0.321. The van der Waals surface area contributed by atoms with Crippen LogP contribution >= 0.6 is 0 Å². The Balaban J connectivity index is 1.84. The number of rotatable bonds is 7. The molecule has 0 aromatic carbocycles. The van der Waals surface area contributed by atoms with Crippen molar-refractivity contribution in [2.45, 2.75) is 44.2 Å². The second-order valence-corrected chi connectivity index (χ2v) is 3.67. The summed E-state index contributed by atoms with van der Waals surface area (Å²) >= 11 is 0. The molecule has 0 spiro atoms. The van der Waals surface area contributed by atoms with Crippen LogP contribution in [0.5, 0.6) is 0 Å². The second-order valence-electron chi connectivity index (χ2n) is 3.67. The number of hydrogen-bond donors (Lipinski definition) is 3. The van der Waals surface area contributed by atoms with Crippen molar-refractivity contribution < 1.29 is 9.90 Å². The standard InChI is InChI=1S/C9H18N2O2/c10-8(9(12)13)3-1-2-6-11-7-4-5-7/h7-8,11H,1-6,10H2,(H,12,13). The highest BCUT2D eigenvalue weighted by Crippen LogP contribution is 2.18. The average Bonchev–Trinajstić information content (AvgIpc) is 2.87. The normalized spacial score (nSPS) is 18.5.